The van der Waals surface area contributed by atoms with Gasteiger partial charge >= 0.3 is 0 Å². The van der Waals surface area contributed by atoms with Crippen LogP contribution in [-0.4, -0.2) is 31.8 Å². The summed E-state index contributed by atoms with van der Waals surface area (Å²) in [5.74, 6) is 1.44. The molecule has 0 saturated carbocycles. The third kappa shape index (κ3) is 3.56. The van der Waals surface area contributed by atoms with E-state index in [1.165, 1.54) is 0 Å². The number of nitrogens with two attached hydrogens (primary N) is 1. The molecule has 3 heteroatoms. The van der Waals surface area contributed by atoms with E-state index >= 15 is 0 Å². The molecule has 1 fully saturated rings. The minimum Gasteiger partial charge on any atom is -0.379 e. The molecule has 84 valence electrons. The van der Waals surface area contributed by atoms with Gasteiger partial charge < -0.3 is 15.8 Å². The minimum absolute atomic E-state index is 0.114. The second kappa shape index (κ2) is 5.10. The number of ether oxygens (including phenoxy) is 1. The quantitative estimate of drug-likeness (QED) is 0.695. The van der Waals surface area contributed by atoms with E-state index in [0.29, 0.717) is 12.5 Å². The first-order chi connectivity index (χ1) is 6.53. The summed E-state index contributed by atoms with van der Waals surface area (Å²) in [5.41, 5.74) is 6.02. The van der Waals surface area contributed by atoms with E-state index in [2.05, 4.69) is 26.1 Å². The average molecular weight is 200 g/mol. The molecule has 1 saturated heterocycles. The van der Waals surface area contributed by atoms with Gasteiger partial charge in [-0.2, -0.15) is 0 Å². The molecule has 0 amide bonds. The molecule has 0 aliphatic carbocycles. The van der Waals surface area contributed by atoms with Crippen LogP contribution in [0.3, 0.4) is 0 Å². The highest BCUT2D eigenvalue weighted by Crippen LogP contribution is 2.14. The van der Waals surface area contributed by atoms with Crippen LogP contribution in [0.5, 0.6) is 0 Å². The smallest absolute Gasteiger partial charge is 0.0659 e. The van der Waals surface area contributed by atoms with E-state index in [0.717, 1.165) is 32.0 Å². The Labute approximate surface area is 87.4 Å². The van der Waals surface area contributed by atoms with Gasteiger partial charge in [-0.05, 0) is 24.8 Å². The fourth-order valence-corrected chi connectivity index (χ4v) is 1.55. The largest absolute Gasteiger partial charge is 0.379 e. The van der Waals surface area contributed by atoms with Crippen LogP contribution in [0.4, 0.5) is 0 Å². The predicted octanol–water partition coefficient (Wildman–Crippen LogP) is 0.986. The van der Waals surface area contributed by atoms with Gasteiger partial charge in [0.2, 0.25) is 0 Å². The SMILES string of the molecule is CC(C)C(C)CNCC1(N)CCOC1. The average Bonchev–Trinajstić information content (AvgIpc) is 2.52. The van der Waals surface area contributed by atoms with Crippen LogP contribution < -0.4 is 11.1 Å². The Balaban J connectivity index is 2.14. The molecule has 3 nitrogen and oxygen atoms in total. The normalized spacial score (nSPS) is 29.8. The van der Waals surface area contributed by atoms with Crippen molar-refractivity contribution in [3.05, 3.63) is 0 Å². The molecule has 1 aliphatic rings. The van der Waals surface area contributed by atoms with Gasteiger partial charge in [-0.25, -0.2) is 0 Å². The number of hydrogen-bond acceptors (Lipinski definition) is 3. The van der Waals surface area contributed by atoms with Gasteiger partial charge in [-0.15, -0.1) is 0 Å². The van der Waals surface area contributed by atoms with Crippen LogP contribution in [-0.2, 0) is 4.74 Å². The van der Waals surface area contributed by atoms with Crippen molar-refractivity contribution in [3.8, 4) is 0 Å². The highest BCUT2D eigenvalue weighted by atomic mass is 16.5. The monoisotopic (exact) mass is 200 g/mol. The molecule has 0 radical (unpaired) electrons. The lowest BCUT2D eigenvalue weighted by Crippen LogP contribution is -2.50. The molecule has 0 aromatic rings. The lowest BCUT2D eigenvalue weighted by Gasteiger charge is -2.24. The highest BCUT2D eigenvalue weighted by molar-refractivity contribution is 4.90. The van der Waals surface area contributed by atoms with Gasteiger partial charge in [0.25, 0.3) is 0 Å². The van der Waals surface area contributed by atoms with Crippen molar-refractivity contribution >= 4 is 0 Å². The van der Waals surface area contributed by atoms with E-state index in [1.807, 2.05) is 0 Å². The first-order valence-corrected chi connectivity index (χ1v) is 5.61. The molecule has 2 atom stereocenters. The van der Waals surface area contributed by atoms with Crippen molar-refractivity contribution in [1.82, 2.24) is 5.32 Å². The predicted molar refractivity (Wildman–Crippen MR) is 59.2 cm³/mol. The minimum atomic E-state index is -0.114. The number of nitrogens with one attached hydrogen (secondary N) is 1. The Morgan fingerprint density at radius 3 is 2.64 bits per heavy atom. The molecule has 2 unspecified atom stereocenters. The number of rotatable bonds is 5. The summed E-state index contributed by atoms with van der Waals surface area (Å²) in [5, 5.41) is 3.44. The summed E-state index contributed by atoms with van der Waals surface area (Å²) in [7, 11) is 0. The van der Waals surface area contributed by atoms with Gasteiger partial charge in [0, 0.05) is 13.2 Å². The third-order valence-electron chi connectivity index (χ3n) is 3.22. The van der Waals surface area contributed by atoms with E-state index in [9.17, 15) is 0 Å². The summed E-state index contributed by atoms with van der Waals surface area (Å²) in [6, 6.07) is 0. The molecule has 0 aromatic heterocycles. The van der Waals surface area contributed by atoms with Crippen molar-refractivity contribution in [2.75, 3.05) is 26.3 Å². The van der Waals surface area contributed by atoms with Crippen LogP contribution in [0.25, 0.3) is 0 Å². The van der Waals surface area contributed by atoms with Crippen molar-refractivity contribution in [2.24, 2.45) is 17.6 Å². The van der Waals surface area contributed by atoms with E-state index < -0.39 is 0 Å². The maximum absolute atomic E-state index is 6.13. The van der Waals surface area contributed by atoms with Gasteiger partial charge in [0.1, 0.15) is 0 Å². The van der Waals surface area contributed by atoms with Crippen molar-refractivity contribution in [3.63, 3.8) is 0 Å². The van der Waals surface area contributed by atoms with E-state index in [4.69, 9.17) is 10.5 Å². The standard InChI is InChI=1S/C11H24N2O/c1-9(2)10(3)6-13-7-11(12)4-5-14-8-11/h9-10,13H,4-8,12H2,1-3H3. The van der Waals surface area contributed by atoms with Gasteiger partial charge in [0.05, 0.1) is 12.1 Å². The van der Waals surface area contributed by atoms with Crippen molar-refractivity contribution in [1.29, 1.82) is 0 Å². The van der Waals surface area contributed by atoms with Crippen LogP contribution >= 0.6 is 0 Å². The highest BCUT2D eigenvalue weighted by Gasteiger charge is 2.29. The summed E-state index contributed by atoms with van der Waals surface area (Å²) < 4.78 is 5.30. The first kappa shape index (κ1) is 12.0. The molecule has 1 rings (SSSR count). The first-order valence-electron chi connectivity index (χ1n) is 5.61. The van der Waals surface area contributed by atoms with E-state index in [1.54, 1.807) is 0 Å². The maximum atomic E-state index is 6.13. The van der Waals surface area contributed by atoms with E-state index in [-0.39, 0.29) is 5.54 Å². The Morgan fingerprint density at radius 2 is 2.14 bits per heavy atom. The second-order valence-corrected chi connectivity index (χ2v) is 5.02. The second-order valence-electron chi connectivity index (χ2n) is 5.02. The third-order valence-corrected chi connectivity index (χ3v) is 3.22. The van der Waals surface area contributed by atoms with Gasteiger partial charge in [-0.1, -0.05) is 20.8 Å². The molecule has 14 heavy (non-hydrogen) atoms. The Hall–Kier alpha value is -0.120. The van der Waals surface area contributed by atoms with Gasteiger partial charge in [0.15, 0.2) is 0 Å². The summed E-state index contributed by atoms with van der Waals surface area (Å²) >= 11 is 0. The lowest BCUT2D eigenvalue weighted by molar-refractivity contribution is 0.176. The lowest BCUT2D eigenvalue weighted by atomic mass is 9.96. The molecule has 1 aliphatic heterocycles. The maximum Gasteiger partial charge on any atom is 0.0659 e. The summed E-state index contributed by atoms with van der Waals surface area (Å²) in [4.78, 5) is 0. The topological polar surface area (TPSA) is 47.3 Å². The zero-order valence-electron chi connectivity index (χ0n) is 9.68. The van der Waals surface area contributed by atoms with Gasteiger partial charge in [-0.3, -0.25) is 0 Å². The Kier molecular flexibility index (Phi) is 4.35. The molecule has 1 heterocycles. The zero-order valence-corrected chi connectivity index (χ0v) is 9.68. The van der Waals surface area contributed by atoms with Crippen molar-refractivity contribution < 1.29 is 4.74 Å². The molecular weight excluding hydrogens is 176 g/mol. The van der Waals surface area contributed by atoms with Crippen LogP contribution in [0, 0.1) is 11.8 Å². The number of hydrogen-bond donors (Lipinski definition) is 2. The fourth-order valence-electron chi connectivity index (χ4n) is 1.55. The summed E-state index contributed by atoms with van der Waals surface area (Å²) in [6.45, 7) is 10.2. The van der Waals surface area contributed by atoms with Crippen LogP contribution in [0.15, 0.2) is 0 Å². The van der Waals surface area contributed by atoms with Crippen molar-refractivity contribution in [2.45, 2.75) is 32.7 Å². The van der Waals surface area contributed by atoms with Crippen LogP contribution in [0.2, 0.25) is 0 Å². The zero-order chi connectivity index (χ0) is 10.6. The molecule has 3 N–H and O–H groups in total. The molecular formula is C11H24N2O. The van der Waals surface area contributed by atoms with Crippen LogP contribution in [0.1, 0.15) is 27.2 Å². The Morgan fingerprint density at radius 1 is 1.43 bits per heavy atom. The molecule has 0 aromatic carbocycles. The summed E-state index contributed by atoms with van der Waals surface area (Å²) in [6.07, 6.45) is 0.982. The Bertz CT molecular complexity index is 165. The fraction of sp³-hybridized carbons (Fsp3) is 1.00. The molecule has 0 bridgehead atoms. The molecule has 0 spiro atoms.